The van der Waals surface area contributed by atoms with Crippen LogP contribution in [0.25, 0.3) is 0 Å². The van der Waals surface area contributed by atoms with Crippen molar-refractivity contribution < 1.29 is 13.2 Å². The molecule has 1 aromatic carbocycles. The number of hydrogen-bond acceptors (Lipinski definition) is 6. The third kappa shape index (κ3) is 4.91. The van der Waals surface area contributed by atoms with E-state index in [-0.39, 0.29) is 10.5 Å². The van der Waals surface area contributed by atoms with Gasteiger partial charge >= 0.3 is 0 Å². The Labute approximate surface area is 163 Å². The first kappa shape index (κ1) is 19.9. The predicted octanol–water partition coefficient (Wildman–Crippen LogP) is 3.16. The van der Waals surface area contributed by atoms with E-state index in [1.807, 2.05) is 0 Å². The van der Waals surface area contributed by atoms with Crippen LogP contribution in [0, 0.1) is 5.92 Å². The molecule has 1 fully saturated rings. The maximum Gasteiger partial charge on any atom is 0.257 e. The Morgan fingerprint density at radius 3 is 2.67 bits per heavy atom. The van der Waals surface area contributed by atoms with Gasteiger partial charge in [-0.2, -0.15) is 4.31 Å². The van der Waals surface area contributed by atoms with Gasteiger partial charge in [-0.25, -0.2) is 8.42 Å². The van der Waals surface area contributed by atoms with Gasteiger partial charge in [-0.15, -0.1) is 10.2 Å². The molecule has 0 saturated carbocycles. The van der Waals surface area contributed by atoms with E-state index in [0.717, 1.165) is 30.7 Å². The number of carbonyl (C=O) groups excluding carboxylic acids is 1. The number of benzene rings is 1. The molecule has 9 heteroatoms. The van der Waals surface area contributed by atoms with E-state index in [0.29, 0.717) is 24.1 Å². The molecule has 1 saturated heterocycles. The SMILES string of the molecule is CC(C)Cc1nnc(NC(=O)c2cccc(S(=O)(=O)N3CCCCC3)c2)s1. The lowest BCUT2D eigenvalue weighted by molar-refractivity contribution is 0.102. The van der Waals surface area contributed by atoms with E-state index in [1.54, 1.807) is 12.1 Å². The maximum absolute atomic E-state index is 12.8. The number of amides is 1. The van der Waals surface area contributed by atoms with Crippen LogP contribution in [0.3, 0.4) is 0 Å². The van der Waals surface area contributed by atoms with Crippen molar-refractivity contribution in [3.8, 4) is 0 Å². The molecule has 0 unspecified atom stereocenters. The van der Waals surface area contributed by atoms with Crippen molar-refractivity contribution in [2.24, 2.45) is 5.92 Å². The molecule has 3 rings (SSSR count). The van der Waals surface area contributed by atoms with Gasteiger partial charge in [-0.05, 0) is 37.0 Å². The molecule has 1 N–H and O–H groups in total. The summed E-state index contributed by atoms with van der Waals surface area (Å²) in [5.74, 6) is 0.0659. The number of rotatable bonds is 6. The Morgan fingerprint density at radius 2 is 1.96 bits per heavy atom. The molecular formula is C18H24N4O3S2. The van der Waals surface area contributed by atoms with Crippen molar-refractivity contribution in [3.63, 3.8) is 0 Å². The lowest BCUT2D eigenvalue weighted by Crippen LogP contribution is -2.35. The zero-order chi connectivity index (χ0) is 19.4. The smallest absolute Gasteiger partial charge is 0.257 e. The van der Waals surface area contributed by atoms with Crippen molar-refractivity contribution in [2.75, 3.05) is 18.4 Å². The fraction of sp³-hybridized carbons (Fsp3) is 0.500. The predicted molar refractivity (Wildman–Crippen MR) is 105 cm³/mol. The van der Waals surface area contributed by atoms with Gasteiger partial charge < -0.3 is 0 Å². The van der Waals surface area contributed by atoms with Gasteiger partial charge in [0.25, 0.3) is 5.91 Å². The van der Waals surface area contributed by atoms with Crippen molar-refractivity contribution in [3.05, 3.63) is 34.8 Å². The number of sulfonamides is 1. The number of anilines is 1. The first-order valence-electron chi connectivity index (χ1n) is 9.10. The molecule has 0 radical (unpaired) electrons. The van der Waals surface area contributed by atoms with Gasteiger partial charge in [0.15, 0.2) is 0 Å². The summed E-state index contributed by atoms with van der Waals surface area (Å²) in [6.45, 7) is 5.24. The van der Waals surface area contributed by atoms with E-state index < -0.39 is 15.9 Å². The van der Waals surface area contributed by atoms with Crippen LogP contribution in [0.2, 0.25) is 0 Å². The Balaban J connectivity index is 1.74. The number of aromatic nitrogens is 2. The zero-order valence-electron chi connectivity index (χ0n) is 15.5. The Hall–Kier alpha value is -1.84. The summed E-state index contributed by atoms with van der Waals surface area (Å²) >= 11 is 1.34. The minimum absolute atomic E-state index is 0.148. The second kappa shape index (κ2) is 8.45. The van der Waals surface area contributed by atoms with Crippen LogP contribution in [0.5, 0.6) is 0 Å². The number of nitrogens with zero attached hydrogens (tertiary/aromatic N) is 3. The lowest BCUT2D eigenvalue weighted by atomic mass is 10.1. The highest BCUT2D eigenvalue weighted by molar-refractivity contribution is 7.89. The Bertz CT molecular complexity index is 903. The normalized spacial score (nSPS) is 15.8. The molecule has 0 atom stereocenters. The maximum atomic E-state index is 12.8. The van der Waals surface area contributed by atoms with Crippen molar-refractivity contribution >= 4 is 32.4 Å². The van der Waals surface area contributed by atoms with Crippen LogP contribution >= 0.6 is 11.3 Å². The average Bonchev–Trinajstić information content (AvgIpc) is 3.08. The standard InChI is InChI=1S/C18H24N4O3S2/c1-13(2)11-16-20-21-18(26-16)19-17(23)14-7-6-8-15(12-14)27(24,25)22-9-4-3-5-10-22/h6-8,12-13H,3-5,9-11H2,1-2H3,(H,19,21,23). The second-order valence-corrected chi connectivity index (χ2v) is 10.0. The van der Waals surface area contributed by atoms with Gasteiger partial charge in [0.2, 0.25) is 15.2 Å². The van der Waals surface area contributed by atoms with Crippen molar-refractivity contribution in [1.29, 1.82) is 0 Å². The molecule has 1 aromatic heterocycles. The van der Waals surface area contributed by atoms with Gasteiger partial charge in [0.1, 0.15) is 5.01 Å². The van der Waals surface area contributed by atoms with Gasteiger partial charge in [0, 0.05) is 25.1 Å². The third-order valence-corrected chi connectivity index (χ3v) is 7.07. The van der Waals surface area contributed by atoms with Crippen LogP contribution in [-0.2, 0) is 16.4 Å². The minimum Gasteiger partial charge on any atom is -0.296 e. The molecule has 1 aliphatic heterocycles. The molecule has 0 bridgehead atoms. The average molecular weight is 409 g/mol. The lowest BCUT2D eigenvalue weighted by Gasteiger charge is -2.26. The number of nitrogens with one attached hydrogen (secondary N) is 1. The summed E-state index contributed by atoms with van der Waals surface area (Å²) in [5.41, 5.74) is 0.286. The van der Waals surface area contributed by atoms with E-state index >= 15 is 0 Å². The molecule has 0 aliphatic carbocycles. The zero-order valence-corrected chi connectivity index (χ0v) is 17.1. The highest BCUT2D eigenvalue weighted by atomic mass is 32.2. The molecule has 0 spiro atoms. The van der Waals surface area contributed by atoms with Crippen molar-refractivity contribution in [1.82, 2.24) is 14.5 Å². The van der Waals surface area contributed by atoms with Gasteiger partial charge in [-0.3, -0.25) is 10.1 Å². The van der Waals surface area contributed by atoms with Crippen LogP contribution in [0.15, 0.2) is 29.2 Å². The second-order valence-electron chi connectivity index (χ2n) is 7.05. The first-order chi connectivity index (χ1) is 12.9. The molecule has 2 aromatic rings. The number of piperidine rings is 1. The summed E-state index contributed by atoms with van der Waals surface area (Å²) < 4.78 is 27.1. The van der Waals surface area contributed by atoms with Gasteiger partial charge in [0.05, 0.1) is 4.90 Å². The highest BCUT2D eigenvalue weighted by Gasteiger charge is 2.26. The summed E-state index contributed by atoms with van der Waals surface area (Å²) in [6.07, 6.45) is 3.59. The molecule has 7 nitrogen and oxygen atoms in total. The molecule has 2 heterocycles. The third-order valence-electron chi connectivity index (χ3n) is 4.32. The van der Waals surface area contributed by atoms with E-state index in [2.05, 4.69) is 29.4 Å². The minimum atomic E-state index is -3.57. The molecule has 146 valence electrons. The molecule has 27 heavy (non-hydrogen) atoms. The molecular weight excluding hydrogens is 384 g/mol. The Kier molecular flexibility index (Phi) is 6.23. The van der Waals surface area contributed by atoms with Crippen molar-refractivity contribution in [2.45, 2.75) is 44.4 Å². The molecule has 1 amide bonds. The Morgan fingerprint density at radius 1 is 1.22 bits per heavy atom. The van der Waals surface area contributed by atoms with E-state index in [1.165, 1.54) is 27.8 Å². The van der Waals surface area contributed by atoms with E-state index in [9.17, 15) is 13.2 Å². The van der Waals surface area contributed by atoms with Crippen LogP contribution in [-0.4, -0.2) is 41.9 Å². The summed E-state index contributed by atoms with van der Waals surface area (Å²) in [6, 6.07) is 6.15. The molecule has 1 aliphatic rings. The van der Waals surface area contributed by atoms with Crippen LogP contribution in [0.4, 0.5) is 5.13 Å². The summed E-state index contributed by atoms with van der Waals surface area (Å²) in [7, 11) is -3.57. The topological polar surface area (TPSA) is 92.3 Å². The largest absolute Gasteiger partial charge is 0.296 e. The fourth-order valence-corrected chi connectivity index (χ4v) is 5.47. The number of carbonyl (C=O) groups is 1. The quantitative estimate of drug-likeness (QED) is 0.793. The van der Waals surface area contributed by atoms with Crippen LogP contribution < -0.4 is 5.32 Å². The summed E-state index contributed by atoms with van der Waals surface area (Å²) in [4.78, 5) is 12.7. The summed E-state index contributed by atoms with van der Waals surface area (Å²) in [5, 5.41) is 12.0. The monoisotopic (exact) mass is 408 g/mol. The fourth-order valence-electron chi connectivity index (χ4n) is 2.96. The van der Waals surface area contributed by atoms with E-state index in [4.69, 9.17) is 0 Å². The highest BCUT2D eigenvalue weighted by Crippen LogP contribution is 2.23. The number of hydrogen-bond donors (Lipinski definition) is 1. The van der Waals surface area contributed by atoms with Gasteiger partial charge in [-0.1, -0.05) is 37.7 Å². The first-order valence-corrected chi connectivity index (χ1v) is 11.4. The van der Waals surface area contributed by atoms with Crippen LogP contribution in [0.1, 0.15) is 48.5 Å².